The molecular weight excluding hydrogens is 327 g/mol. The van der Waals surface area contributed by atoms with Gasteiger partial charge in [-0.2, -0.15) is 9.78 Å². The number of H-pyrrole nitrogens is 1. The number of hydrogen-bond donors (Lipinski definition) is 1. The van der Waals surface area contributed by atoms with Gasteiger partial charge in [0.25, 0.3) is 11.2 Å². The fraction of sp³-hybridized carbons (Fsp3) is 0. The first-order chi connectivity index (χ1) is 11.0. The van der Waals surface area contributed by atoms with Crippen molar-refractivity contribution in [1.29, 1.82) is 0 Å². The molecule has 0 amide bonds. The maximum absolute atomic E-state index is 13.0. The van der Waals surface area contributed by atoms with E-state index >= 15 is 0 Å². The van der Waals surface area contributed by atoms with Crippen LogP contribution in [0, 0.1) is 15.9 Å². The van der Waals surface area contributed by atoms with Gasteiger partial charge in [-0.05, 0) is 36.4 Å². The van der Waals surface area contributed by atoms with Crippen LogP contribution in [0.2, 0.25) is 5.02 Å². The quantitative estimate of drug-likeness (QED) is 0.588. The van der Waals surface area contributed by atoms with Gasteiger partial charge in [0.1, 0.15) is 11.5 Å². The largest absolute Gasteiger partial charge is 0.299 e. The lowest BCUT2D eigenvalue weighted by molar-refractivity contribution is -0.384. The molecule has 0 saturated heterocycles. The smallest absolute Gasteiger partial charge is 0.265 e. The minimum atomic E-state index is -0.628. The highest BCUT2D eigenvalue weighted by atomic mass is 35.5. The number of aromatic amines is 1. The molecule has 0 bridgehead atoms. The van der Waals surface area contributed by atoms with Crippen molar-refractivity contribution in [1.82, 2.24) is 15.0 Å². The SMILES string of the molecule is O=c1c(-c2ccc(F)cc2)n[nH]n1-c1cc(Cl)ccc1[N+](=O)[O-]. The second-order valence-corrected chi connectivity index (χ2v) is 5.03. The number of halogens is 2. The molecule has 9 heteroatoms. The van der Waals surface area contributed by atoms with E-state index in [1.54, 1.807) is 0 Å². The molecule has 0 aliphatic carbocycles. The third-order valence-electron chi connectivity index (χ3n) is 3.16. The Morgan fingerprint density at radius 1 is 1.22 bits per heavy atom. The minimum absolute atomic E-state index is 0.0132. The molecule has 1 aromatic heterocycles. The topological polar surface area (TPSA) is 93.8 Å². The number of hydrogen-bond acceptors (Lipinski definition) is 4. The molecule has 2 aromatic carbocycles. The van der Waals surface area contributed by atoms with E-state index in [1.165, 1.54) is 42.5 Å². The second-order valence-electron chi connectivity index (χ2n) is 4.60. The Balaban J connectivity index is 2.17. The van der Waals surface area contributed by atoms with Crippen LogP contribution in [0.15, 0.2) is 47.3 Å². The third kappa shape index (κ3) is 2.71. The summed E-state index contributed by atoms with van der Waals surface area (Å²) in [7, 11) is 0. The molecule has 1 heterocycles. The molecule has 116 valence electrons. The number of nitro groups is 1. The lowest BCUT2D eigenvalue weighted by Gasteiger charge is -2.02. The van der Waals surface area contributed by atoms with Crippen LogP contribution in [-0.4, -0.2) is 19.9 Å². The van der Waals surface area contributed by atoms with Crippen molar-refractivity contribution in [2.75, 3.05) is 0 Å². The lowest BCUT2D eigenvalue weighted by atomic mass is 10.1. The van der Waals surface area contributed by atoms with Crippen LogP contribution in [0.5, 0.6) is 0 Å². The molecule has 0 fully saturated rings. The zero-order valence-corrected chi connectivity index (χ0v) is 12.1. The standard InChI is InChI=1S/C14H8ClFN4O3/c15-9-3-6-11(20(22)23)12(7-9)19-14(21)13(17-18-19)8-1-4-10(16)5-2-8/h1-7,18H. The summed E-state index contributed by atoms with van der Waals surface area (Å²) >= 11 is 5.85. The third-order valence-corrected chi connectivity index (χ3v) is 3.40. The van der Waals surface area contributed by atoms with Crippen LogP contribution in [0.25, 0.3) is 16.9 Å². The normalized spacial score (nSPS) is 10.7. The highest BCUT2D eigenvalue weighted by Gasteiger charge is 2.20. The predicted molar refractivity (Wildman–Crippen MR) is 81.2 cm³/mol. The summed E-state index contributed by atoms with van der Waals surface area (Å²) in [5.41, 5.74) is -0.545. The van der Waals surface area contributed by atoms with Gasteiger partial charge in [0.2, 0.25) is 0 Å². The zero-order chi connectivity index (χ0) is 16.6. The Bertz CT molecular complexity index is 949. The van der Waals surface area contributed by atoms with Gasteiger partial charge in [-0.1, -0.05) is 11.6 Å². The van der Waals surface area contributed by atoms with Crippen molar-refractivity contribution in [3.63, 3.8) is 0 Å². The number of benzene rings is 2. The Morgan fingerprint density at radius 2 is 1.91 bits per heavy atom. The molecule has 3 aromatic rings. The minimum Gasteiger partial charge on any atom is -0.265 e. The molecule has 0 spiro atoms. The van der Waals surface area contributed by atoms with Crippen molar-refractivity contribution in [3.05, 3.63) is 73.8 Å². The monoisotopic (exact) mass is 334 g/mol. The molecule has 0 aliphatic rings. The summed E-state index contributed by atoms with van der Waals surface area (Å²) in [4.78, 5) is 22.9. The molecule has 23 heavy (non-hydrogen) atoms. The first-order valence-corrected chi connectivity index (χ1v) is 6.73. The van der Waals surface area contributed by atoms with Crippen LogP contribution >= 0.6 is 11.6 Å². The summed E-state index contributed by atoms with van der Waals surface area (Å²) < 4.78 is 13.9. The zero-order valence-electron chi connectivity index (χ0n) is 11.4. The van der Waals surface area contributed by atoms with Gasteiger partial charge in [-0.25, -0.2) is 9.60 Å². The molecule has 0 saturated carbocycles. The van der Waals surface area contributed by atoms with Crippen LogP contribution in [0.3, 0.4) is 0 Å². The average Bonchev–Trinajstić information content (AvgIpc) is 2.89. The van der Waals surface area contributed by atoms with E-state index in [4.69, 9.17) is 11.6 Å². The summed E-state index contributed by atoms with van der Waals surface area (Å²) in [6.45, 7) is 0. The van der Waals surface area contributed by atoms with E-state index in [2.05, 4.69) is 10.3 Å². The number of aromatic nitrogens is 3. The van der Waals surface area contributed by atoms with E-state index < -0.39 is 16.3 Å². The Kier molecular flexibility index (Phi) is 3.67. The lowest BCUT2D eigenvalue weighted by Crippen LogP contribution is -2.17. The average molecular weight is 335 g/mol. The fourth-order valence-corrected chi connectivity index (χ4v) is 2.25. The summed E-state index contributed by atoms with van der Waals surface area (Å²) in [6.07, 6.45) is 0. The van der Waals surface area contributed by atoms with Gasteiger partial charge < -0.3 is 0 Å². The maximum atomic E-state index is 13.0. The van der Waals surface area contributed by atoms with Crippen molar-refractivity contribution in [3.8, 4) is 16.9 Å². The molecular formula is C14H8ClFN4O3. The van der Waals surface area contributed by atoms with E-state index in [1.807, 2.05) is 0 Å². The summed E-state index contributed by atoms with van der Waals surface area (Å²) in [6, 6.07) is 9.00. The Labute approximate surface area is 133 Å². The predicted octanol–water partition coefficient (Wildman–Crippen LogP) is 2.93. The second kappa shape index (κ2) is 5.65. The van der Waals surface area contributed by atoms with Gasteiger partial charge >= 0.3 is 0 Å². The van der Waals surface area contributed by atoms with Crippen LogP contribution in [0.4, 0.5) is 10.1 Å². The number of nitrogens with zero attached hydrogens (tertiary/aromatic N) is 3. The maximum Gasteiger partial charge on any atom is 0.299 e. The number of rotatable bonds is 3. The van der Waals surface area contributed by atoms with Gasteiger partial charge in [-0.3, -0.25) is 14.9 Å². The fourth-order valence-electron chi connectivity index (χ4n) is 2.09. The van der Waals surface area contributed by atoms with Gasteiger partial charge in [-0.15, -0.1) is 0 Å². The van der Waals surface area contributed by atoms with Gasteiger partial charge in [0.05, 0.1) is 4.92 Å². The number of nitro benzene ring substituents is 1. The Hall–Kier alpha value is -3.00. The molecule has 1 N–H and O–H groups in total. The van der Waals surface area contributed by atoms with Crippen molar-refractivity contribution < 1.29 is 9.31 Å². The molecule has 0 aliphatic heterocycles. The first kappa shape index (κ1) is 14.9. The summed E-state index contributed by atoms with van der Waals surface area (Å²) in [5, 5.41) is 17.6. The van der Waals surface area contributed by atoms with Crippen LogP contribution in [-0.2, 0) is 0 Å². The van der Waals surface area contributed by atoms with E-state index in [0.29, 0.717) is 5.56 Å². The molecule has 0 unspecified atom stereocenters. The van der Waals surface area contributed by atoms with Crippen LogP contribution in [0.1, 0.15) is 0 Å². The molecule has 3 rings (SSSR count). The van der Waals surface area contributed by atoms with Gasteiger partial charge in [0.15, 0.2) is 5.69 Å². The van der Waals surface area contributed by atoms with Crippen molar-refractivity contribution >= 4 is 17.3 Å². The first-order valence-electron chi connectivity index (χ1n) is 6.35. The van der Waals surface area contributed by atoms with Crippen molar-refractivity contribution in [2.45, 2.75) is 0 Å². The molecule has 0 atom stereocenters. The van der Waals surface area contributed by atoms with Gasteiger partial charge in [0, 0.05) is 16.7 Å². The van der Waals surface area contributed by atoms with E-state index in [-0.39, 0.29) is 22.1 Å². The Morgan fingerprint density at radius 3 is 2.57 bits per heavy atom. The van der Waals surface area contributed by atoms with Crippen LogP contribution < -0.4 is 5.56 Å². The molecule has 7 nitrogen and oxygen atoms in total. The van der Waals surface area contributed by atoms with E-state index in [0.717, 1.165) is 4.68 Å². The summed E-state index contributed by atoms with van der Waals surface area (Å²) in [5.74, 6) is -0.449. The highest BCUT2D eigenvalue weighted by molar-refractivity contribution is 6.30. The van der Waals surface area contributed by atoms with E-state index in [9.17, 15) is 19.3 Å². The number of nitrogens with one attached hydrogen (secondary N) is 1. The van der Waals surface area contributed by atoms with Crippen molar-refractivity contribution in [2.24, 2.45) is 0 Å². The highest BCUT2D eigenvalue weighted by Crippen LogP contribution is 2.25. The molecule has 0 radical (unpaired) electrons.